The maximum Gasteiger partial charge on any atom is 0.259 e. The van der Waals surface area contributed by atoms with E-state index in [9.17, 15) is 9.59 Å². The molecule has 0 saturated heterocycles. The van der Waals surface area contributed by atoms with Gasteiger partial charge in [-0.05, 0) is 25.1 Å². The van der Waals surface area contributed by atoms with Crippen molar-refractivity contribution < 1.29 is 9.59 Å². The van der Waals surface area contributed by atoms with E-state index in [0.29, 0.717) is 27.5 Å². The number of aromatic amines is 1. The van der Waals surface area contributed by atoms with Crippen LogP contribution in [0.3, 0.4) is 0 Å². The highest BCUT2D eigenvalue weighted by Crippen LogP contribution is 2.23. The van der Waals surface area contributed by atoms with Crippen molar-refractivity contribution in [3.8, 4) is 0 Å². The number of carbonyl (C=O) groups is 2. The Morgan fingerprint density at radius 2 is 2.00 bits per heavy atom. The molecule has 0 aliphatic carbocycles. The predicted molar refractivity (Wildman–Crippen MR) is 80.7 cm³/mol. The predicted octanol–water partition coefficient (Wildman–Crippen LogP) is 2.33. The van der Waals surface area contributed by atoms with Crippen LogP contribution in [-0.2, 0) is 0 Å². The number of aromatic nitrogens is 2. The lowest BCUT2D eigenvalue weighted by Gasteiger charge is -2.15. The monoisotopic (exact) mass is 306 g/mol. The second kappa shape index (κ2) is 5.97. The van der Waals surface area contributed by atoms with E-state index in [1.54, 1.807) is 39.2 Å². The summed E-state index contributed by atoms with van der Waals surface area (Å²) in [6.07, 6.45) is 1.43. The molecule has 2 aromatic rings. The fraction of sp³-hybridized carbons (Fsp3) is 0.214. The van der Waals surface area contributed by atoms with Crippen LogP contribution in [0.25, 0.3) is 0 Å². The van der Waals surface area contributed by atoms with Gasteiger partial charge in [0.25, 0.3) is 11.8 Å². The van der Waals surface area contributed by atoms with Gasteiger partial charge in [0.05, 0.1) is 23.0 Å². The van der Waals surface area contributed by atoms with Crippen LogP contribution >= 0.6 is 11.6 Å². The van der Waals surface area contributed by atoms with E-state index in [1.807, 2.05) is 0 Å². The number of anilines is 1. The Kier molecular flexibility index (Phi) is 4.28. The third-order valence-electron chi connectivity index (χ3n) is 2.94. The first-order valence-corrected chi connectivity index (χ1v) is 6.60. The normalized spacial score (nSPS) is 10.3. The van der Waals surface area contributed by atoms with Crippen molar-refractivity contribution in [1.29, 1.82) is 0 Å². The molecule has 2 rings (SSSR count). The second-order valence-corrected chi connectivity index (χ2v) is 5.19. The maximum atomic E-state index is 12.2. The van der Waals surface area contributed by atoms with Gasteiger partial charge in [-0.3, -0.25) is 14.7 Å². The fourth-order valence-electron chi connectivity index (χ4n) is 1.82. The number of nitrogens with zero attached hydrogens (tertiary/aromatic N) is 2. The number of H-pyrrole nitrogens is 1. The van der Waals surface area contributed by atoms with Crippen LogP contribution in [0.2, 0.25) is 5.02 Å². The topological polar surface area (TPSA) is 78.1 Å². The van der Waals surface area contributed by atoms with Gasteiger partial charge in [-0.15, -0.1) is 0 Å². The molecule has 1 heterocycles. The van der Waals surface area contributed by atoms with E-state index in [4.69, 9.17) is 11.6 Å². The Labute approximate surface area is 127 Å². The van der Waals surface area contributed by atoms with Crippen molar-refractivity contribution in [1.82, 2.24) is 15.1 Å². The summed E-state index contributed by atoms with van der Waals surface area (Å²) in [7, 11) is 3.28. The summed E-state index contributed by atoms with van der Waals surface area (Å²) in [5.74, 6) is -0.567. The van der Waals surface area contributed by atoms with E-state index in [1.165, 1.54) is 11.1 Å². The summed E-state index contributed by atoms with van der Waals surface area (Å²) in [6, 6.07) is 4.74. The molecular weight excluding hydrogens is 292 g/mol. The second-order valence-electron chi connectivity index (χ2n) is 4.75. The van der Waals surface area contributed by atoms with Gasteiger partial charge < -0.3 is 10.2 Å². The molecule has 21 heavy (non-hydrogen) atoms. The molecule has 2 N–H and O–H groups in total. The molecule has 2 amide bonds. The number of nitrogens with one attached hydrogen (secondary N) is 2. The highest BCUT2D eigenvalue weighted by molar-refractivity contribution is 6.31. The third kappa shape index (κ3) is 3.22. The number of carbonyl (C=O) groups excluding carboxylic acids is 2. The largest absolute Gasteiger partial charge is 0.345 e. The number of benzene rings is 1. The van der Waals surface area contributed by atoms with Gasteiger partial charge in [0.2, 0.25) is 0 Å². The van der Waals surface area contributed by atoms with Gasteiger partial charge >= 0.3 is 0 Å². The first kappa shape index (κ1) is 15.1. The standard InChI is InChI=1S/C14H15ClN4O2/c1-8-11(7-16-18-8)13(20)17-12-6-9(15)4-5-10(12)14(21)19(2)3/h4-7H,1-3H3,(H,16,18)(H,17,20). The third-order valence-corrected chi connectivity index (χ3v) is 3.18. The van der Waals surface area contributed by atoms with E-state index < -0.39 is 0 Å². The molecule has 6 nitrogen and oxygen atoms in total. The van der Waals surface area contributed by atoms with E-state index in [-0.39, 0.29) is 11.8 Å². The maximum absolute atomic E-state index is 12.2. The summed E-state index contributed by atoms with van der Waals surface area (Å²) in [6.45, 7) is 1.74. The summed E-state index contributed by atoms with van der Waals surface area (Å²) < 4.78 is 0. The SMILES string of the molecule is Cc1[nH]ncc1C(=O)Nc1cc(Cl)ccc1C(=O)N(C)C. The number of rotatable bonds is 3. The first-order valence-electron chi connectivity index (χ1n) is 6.22. The smallest absolute Gasteiger partial charge is 0.259 e. The number of amides is 2. The molecule has 0 atom stereocenters. The molecule has 0 aliphatic heterocycles. The lowest BCUT2D eigenvalue weighted by Crippen LogP contribution is -2.24. The first-order chi connectivity index (χ1) is 9.90. The molecule has 1 aromatic heterocycles. The highest BCUT2D eigenvalue weighted by atomic mass is 35.5. The van der Waals surface area contributed by atoms with Gasteiger partial charge in [-0.25, -0.2) is 0 Å². The van der Waals surface area contributed by atoms with E-state index >= 15 is 0 Å². The quantitative estimate of drug-likeness (QED) is 0.913. The average molecular weight is 307 g/mol. The minimum Gasteiger partial charge on any atom is -0.345 e. The van der Waals surface area contributed by atoms with Crippen molar-refractivity contribution in [3.63, 3.8) is 0 Å². The van der Waals surface area contributed by atoms with Crippen LogP contribution in [0.4, 0.5) is 5.69 Å². The number of hydrogen-bond donors (Lipinski definition) is 2. The summed E-state index contributed by atoms with van der Waals surface area (Å²) in [5.41, 5.74) is 1.80. The Morgan fingerprint density at radius 1 is 1.29 bits per heavy atom. The molecule has 0 fully saturated rings. The van der Waals surface area contributed by atoms with Gasteiger partial charge in [0.15, 0.2) is 0 Å². The number of hydrogen-bond acceptors (Lipinski definition) is 3. The highest BCUT2D eigenvalue weighted by Gasteiger charge is 2.17. The molecule has 7 heteroatoms. The van der Waals surface area contributed by atoms with Crippen LogP contribution < -0.4 is 5.32 Å². The minimum atomic E-state index is -0.351. The molecule has 0 saturated carbocycles. The summed E-state index contributed by atoms with van der Waals surface area (Å²) in [4.78, 5) is 25.8. The Bertz CT molecular complexity index is 694. The Morgan fingerprint density at radius 3 is 2.57 bits per heavy atom. The molecule has 0 radical (unpaired) electrons. The number of halogens is 1. The van der Waals surface area contributed by atoms with E-state index in [2.05, 4.69) is 15.5 Å². The summed E-state index contributed by atoms with van der Waals surface area (Å²) in [5, 5.41) is 9.63. The van der Waals surface area contributed by atoms with Crippen LogP contribution in [-0.4, -0.2) is 41.0 Å². The zero-order chi connectivity index (χ0) is 15.6. The summed E-state index contributed by atoms with van der Waals surface area (Å²) >= 11 is 5.95. The molecular formula is C14H15ClN4O2. The molecule has 0 spiro atoms. The average Bonchev–Trinajstić information content (AvgIpc) is 2.84. The van der Waals surface area contributed by atoms with Crippen LogP contribution in [0, 0.1) is 6.92 Å². The van der Waals surface area contributed by atoms with Crippen molar-refractivity contribution >= 4 is 29.1 Å². The fourth-order valence-corrected chi connectivity index (χ4v) is 1.99. The van der Waals surface area contributed by atoms with Gasteiger partial charge in [-0.1, -0.05) is 11.6 Å². The Balaban J connectivity index is 2.35. The molecule has 0 bridgehead atoms. The van der Waals surface area contributed by atoms with Crippen LogP contribution in [0.5, 0.6) is 0 Å². The lowest BCUT2D eigenvalue weighted by molar-refractivity contribution is 0.0828. The van der Waals surface area contributed by atoms with Gasteiger partial charge in [-0.2, -0.15) is 5.10 Å². The van der Waals surface area contributed by atoms with Crippen molar-refractivity contribution in [2.75, 3.05) is 19.4 Å². The molecule has 1 aromatic carbocycles. The zero-order valence-electron chi connectivity index (χ0n) is 11.9. The van der Waals surface area contributed by atoms with E-state index in [0.717, 1.165) is 0 Å². The van der Waals surface area contributed by atoms with Crippen LogP contribution in [0.15, 0.2) is 24.4 Å². The van der Waals surface area contributed by atoms with Crippen LogP contribution in [0.1, 0.15) is 26.4 Å². The Hall–Kier alpha value is -2.34. The van der Waals surface area contributed by atoms with Crippen molar-refractivity contribution in [2.45, 2.75) is 6.92 Å². The molecule has 110 valence electrons. The molecule has 0 unspecified atom stereocenters. The zero-order valence-corrected chi connectivity index (χ0v) is 12.7. The number of aryl methyl sites for hydroxylation is 1. The van der Waals surface area contributed by atoms with Gasteiger partial charge in [0, 0.05) is 24.8 Å². The van der Waals surface area contributed by atoms with Gasteiger partial charge in [0.1, 0.15) is 0 Å². The lowest BCUT2D eigenvalue weighted by atomic mass is 10.1. The molecule has 0 aliphatic rings. The van der Waals surface area contributed by atoms with Crippen molar-refractivity contribution in [3.05, 3.63) is 46.2 Å². The minimum absolute atomic E-state index is 0.217. The van der Waals surface area contributed by atoms with Crippen molar-refractivity contribution in [2.24, 2.45) is 0 Å².